The van der Waals surface area contributed by atoms with Crippen molar-refractivity contribution < 1.29 is 4.74 Å². The predicted molar refractivity (Wildman–Crippen MR) is 59.2 cm³/mol. The number of piperazine rings is 1. The molecular formula is C11H17N3O. The third-order valence-corrected chi connectivity index (χ3v) is 2.57. The van der Waals surface area contributed by atoms with Gasteiger partial charge in [-0.25, -0.2) is 4.98 Å². The van der Waals surface area contributed by atoms with E-state index in [1.54, 1.807) is 7.11 Å². The summed E-state index contributed by atoms with van der Waals surface area (Å²) >= 11 is 0. The summed E-state index contributed by atoms with van der Waals surface area (Å²) in [6, 6.07) is 6.38. The van der Waals surface area contributed by atoms with Crippen LogP contribution in [0.3, 0.4) is 0 Å². The summed E-state index contributed by atoms with van der Waals surface area (Å²) in [6.45, 7) is 3.11. The third kappa shape index (κ3) is 2.91. The number of nitrogens with one attached hydrogen (secondary N) is 2. The van der Waals surface area contributed by atoms with Crippen LogP contribution in [0.2, 0.25) is 0 Å². The van der Waals surface area contributed by atoms with Gasteiger partial charge in [0.2, 0.25) is 5.88 Å². The summed E-state index contributed by atoms with van der Waals surface area (Å²) in [6.07, 6.45) is 0.949. The van der Waals surface area contributed by atoms with Crippen molar-refractivity contribution in [3.8, 4) is 5.88 Å². The zero-order valence-electron chi connectivity index (χ0n) is 8.99. The molecule has 1 unspecified atom stereocenters. The van der Waals surface area contributed by atoms with Gasteiger partial charge in [0.1, 0.15) is 0 Å². The molecule has 0 aliphatic carbocycles. The van der Waals surface area contributed by atoms with Gasteiger partial charge in [0.15, 0.2) is 0 Å². The van der Waals surface area contributed by atoms with E-state index >= 15 is 0 Å². The highest BCUT2D eigenvalue weighted by molar-refractivity contribution is 5.16. The van der Waals surface area contributed by atoms with Crippen molar-refractivity contribution in [1.82, 2.24) is 15.6 Å². The lowest BCUT2D eigenvalue weighted by Crippen LogP contribution is -2.49. The molecule has 0 saturated carbocycles. The first-order valence-corrected chi connectivity index (χ1v) is 5.32. The monoisotopic (exact) mass is 207 g/mol. The van der Waals surface area contributed by atoms with Gasteiger partial charge in [-0.15, -0.1) is 0 Å². The van der Waals surface area contributed by atoms with E-state index in [1.165, 1.54) is 0 Å². The zero-order chi connectivity index (χ0) is 10.5. The number of pyridine rings is 1. The van der Waals surface area contributed by atoms with Gasteiger partial charge in [-0.05, 0) is 6.07 Å². The van der Waals surface area contributed by atoms with Gasteiger partial charge in [0.05, 0.1) is 7.11 Å². The van der Waals surface area contributed by atoms with E-state index in [0.29, 0.717) is 11.9 Å². The fourth-order valence-corrected chi connectivity index (χ4v) is 1.79. The first-order chi connectivity index (χ1) is 7.38. The number of hydrogen-bond donors (Lipinski definition) is 2. The molecule has 2 rings (SSSR count). The first kappa shape index (κ1) is 10.4. The summed E-state index contributed by atoms with van der Waals surface area (Å²) in [4.78, 5) is 4.40. The highest BCUT2D eigenvalue weighted by Gasteiger charge is 2.13. The molecule has 15 heavy (non-hydrogen) atoms. The SMILES string of the molecule is COc1cccc(CC2CNCCN2)n1. The number of methoxy groups -OCH3 is 1. The lowest BCUT2D eigenvalue weighted by atomic mass is 10.1. The van der Waals surface area contributed by atoms with Gasteiger partial charge >= 0.3 is 0 Å². The Morgan fingerprint density at radius 3 is 3.13 bits per heavy atom. The first-order valence-electron chi connectivity index (χ1n) is 5.32. The van der Waals surface area contributed by atoms with Crippen molar-refractivity contribution in [2.75, 3.05) is 26.7 Å². The van der Waals surface area contributed by atoms with Crippen molar-refractivity contribution in [2.45, 2.75) is 12.5 Å². The van der Waals surface area contributed by atoms with E-state index in [4.69, 9.17) is 4.74 Å². The van der Waals surface area contributed by atoms with Crippen LogP contribution in [-0.2, 0) is 6.42 Å². The molecule has 1 aromatic rings. The average molecular weight is 207 g/mol. The topological polar surface area (TPSA) is 46.2 Å². The van der Waals surface area contributed by atoms with Crippen molar-refractivity contribution in [1.29, 1.82) is 0 Å². The molecule has 0 spiro atoms. The fourth-order valence-electron chi connectivity index (χ4n) is 1.79. The van der Waals surface area contributed by atoms with E-state index in [9.17, 15) is 0 Å². The van der Waals surface area contributed by atoms with Crippen LogP contribution in [-0.4, -0.2) is 37.8 Å². The quantitative estimate of drug-likeness (QED) is 0.743. The van der Waals surface area contributed by atoms with Crippen LogP contribution in [0.5, 0.6) is 5.88 Å². The van der Waals surface area contributed by atoms with Crippen LogP contribution < -0.4 is 15.4 Å². The van der Waals surface area contributed by atoms with E-state index < -0.39 is 0 Å². The Bertz CT molecular complexity index is 310. The van der Waals surface area contributed by atoms with Gasteiger partial charge in [0.25, 0.3) is 0 Å². The normalized spacial score (nSPS) is 21.3. The summed E-state index contributed by atoms with van der Waals surface area (Å²) < 4.78 is 5.10. The minimum atomic E-state index is 0.485. The second kappa shape index (κ2) is 5.09. The van der Waals surface area contributed by atoms with E-state index in [1.807, 2.05) is 18.2 Å². The molecule has 1 atom stereocenters. The number of ether oxygens (including phenoxy) is 1. The molecule has 0 amide bonds. The Kier molecular flexibility index (Phi) is 3.53. The summed E-state index contributed by atoms with van der Waals surface area (Å²) in [5.41, 5.74) is 1.08. The van der Waals surface area contributed by atoms with Crippen molar-refractivity contribution in [3.05, 3.63) is 23.9 Å². The van der Waals surface area contributed by atoms with E-state index in [2.05, 4.69) is 15.6 Å². The molecule has 1 fully saturated rings. The molecule has 2 N–H and O–H groups in total. The highest BCUT2D eigenvalue weighted by Crippen LogP contribution is 2.08. The maximum absolute atomic E-state index is 5.10. The summed E-state index contributed by atoms with van der Waals surface area (Å²) in [7, 11) is 1.65. The Morgan fingerprint density at radius 1 is 1.47 bits per heavy atom. The van der Waals surface area contributed by atoms with Gasteiger partial charge in [-0.2, -0.15) is 0 Å². The number of hydrogen-bond acceptors (Lipinski definition) is 4. The lowest BCUT2D eigenvalue weighted by molar-refractivity contribution is 0.389. The van der Waals surface area contributed by atoms with Crippen LogP contribution in [0, 0.1) is 0 Å². The smallest absolute Gasteiger partial charge is 0.213 e. The van der Waals surface area contributed by atoms with Crippen LogP contribution in [0.1, 0.15) is 5.69 Å². The molecule has 1 aliphatic rings. The molecule has 0 bridgehead atoms. The highest BCUT2D eigenvalue weighted by atomic mass is 16.5. The van der Waals surface area contributed by atoms with Crippen molar-refractivity contribution in [2.24, 2.45) is 0 Å². The van der Waals surface area contributed by atoms with Gasteiger partial charge in [-0.3, -0.25) is 0 Å². The van der Waals surface area contributed by atoms with Crippen LogP contribution in [0.4, 0.5) is 0 Å². The predicted octanol–water partition coefficient (Wildman–Crippen LogP) is 0.194. The molecule has 82 valence electrons. The second-order valence-corrected chi connectivity index (χ2v) is 3.73. The Hall–Kier alpha value is -1.13. The lowest BCUT2D eigenvalue weighted by Gasteiger charge is -2.24. The molecular weight excluding hydrogens is 190 g/mol. The molecule has 1 saturated heterocycles. The minimum Gasteiger partial charge on any atom is -0.481 e. The van der Waals surface area contributed by atoms with Crippen LogP contribution >= 0.6 is 0 Å². The molecule has 4 nitrogen and oxygen atoms in total. The number of nitrogens with zero attached hydrogens (tertiary/aromatic N) is 1. The molecule has 0 aromatic carbocycles. The Labute approximate surface area is 90.0 Å². The third-order valence-electron chi connectivity index (χ3n) is 2.57. The number of aromatic nitrogens is 1. The van der Waals surface area contributed by atoms with Gasteiger partial charge in [-0.1, -0.05) is 6.07 Å². The van der Waals surface area contributed by atoms with Gasteiger partial charge < -0.3 is 15.4 Å². The van der Waals surface area contributed by atoms with E-state index in [0.717, 1.165) is 31.7 Å². The molecule has 1 aliphatic heterocycles. The standard InChI is InChI=1S/C11H17N3O/c1-15-11-4-2-3-9(14-11)7-10-8-12-5-6-13-10/h2-4,10,12-13H,5-8H2,1H3. The average Bonchev–Trinajstić information content (AvgIpc) is 2.31. The largest absolute Gasteiger partial charge is 0.481 e. The van der Waals surface area contributed by atoms with Gasteiger partial charge in [0, 0.05) is 43.9 Å². The maximum atomic E-state index is 5.10. The summed E-state index contributed by atoms with van der Waals surface area (Å²) in [5, 5.41) is 6.82. The maximum Gasteiger partial charge on any atom is 0.213 e. The van der Waals surface area contributed by atoms with Crippen LogP contribution in [0.25, 0.3) is 0 Å². The Morgan fingerprint density at radius 2 is 2.40 bits per heavy atom. The molecule has 1 aromatic heterocycles. The second-order valence-electron chi connectivity index (χ2n) is 3.73. The summed E-state index contributed by atoms with van der Waals surface area (Å²) in [5.74, 6) is 0.691. The molecule has 2 heterocycles. The number of rotatable bonds is 3. The van der Waals surface area contributed by atoms with Crippen molar-refractivity contribution in [3.63, 3.8) is 0 Å². The molecule has 0 radical (unpaired) electrons. The molecule has 4 heteroatoms. The minimum absolute atomic E-state index is 0.485. The fraction of sp³-hybridized carbons (Fsp3) is 0.545. The zero-order valence-corrected chi connectivity index (χ0v) is 8.99. The Balaban J connectivity index is 1.96. The van der Waals surface area contributed by atoms with Crippen LogP contribution in [0.15, 0.2) is 18.2 Å². The van der Waals surface area contributed by atoms with Crippen molar-refractivity contribution >= 4 is 0 Å². The van der Waals surface area contributed by atoms with E-state index in [-0.39, 0.29) is 0 Å².